The molecule has 98 valence electrons. The highest BCUT2D eigenvalue weighted by molar-refractivity contribution is 8.01. The van der Waals surface area contributed by atoms with Gasteiger partial charge < -0.3 is 9.69 Å². The number of rotatable bonds is 7. The third-order valence-electron chi connectivity index (χ3n) is 3.13. The predicted molar refractivity (Wildman–Crippen MR) is 78.7 cm³/mol. The van der Waals surface area contributed by atoms with Gasteiger partial charge in [-0.1, -0.05) is 36.7 Å². The Bertz CT molecular complexity index is 399. The molecule has 4 heteroatoms. The number of carbonyl (C=O) groups excluding carboxylic acids is 1. The molecule has 18 heavy (non-hydrogen) atoms. The molecule has 0 bridgehead atoms. The topological polar surface area (TPSA) is 20.3 Å². The molecule has 0 N–H and O–H groups in total. The van der Waals surface area contributed by atoms with E-state index in [2.05, 4.69) is 17.0 Å². The minimum absolute atomic E-state index is 0.0459. The first-order valence-electron chi connectivity index (χ1n) is 6.40. The maximum Gasteiger partial charge on any atom is 0.153 e. The number of thioether (sulfide) groups is 1. The van der Waals surface area contributed by atoms with Gasteiger partial charge >= 0.3 is 0 Å². The fraction of sp³-hybridized carbons (Fsp3) is 0.500. The first kappa shape index (κ1) is 13.8. The third kappa shape index (κ3) is 3.21. The van der Waals surface area contributed by atoms with Gasteiger partial charge in [-0.15, -0.1) is 11.6 Å². The monoisotopic (exact) mass is 283 g/mol. The molecule has 0 spiro atoms. The highest BCUT2D eigenvalue weighted by atomic mass is 35.5. The molecule has 1 atom stereocenters. The second-order valence-corrected chi connectivity index (χ2v) is 5.95. The van der Waals surface area contributed by atoms with Crippen molar-refractivity contribution in [1.82, 2.24) is 0 Å². The summed E-state index contributed by atoms with van der Waals surface area (Å²) in [5.41, 5.74) is 1.21. The van der Waals surface area contributed by atoms with E-state index in [9.17, 15) is 4.79 Å². The molecule has 0 aliphatic carbocycles. The number of hydrogen-bond acceptors (Lipinski definition) is 3. The van der Waals surface area contributed by atoms with E-state index in [0.717, 1.165) is 31.6 Å². The summed E-state index contributed by atoms with van der Waals surface area (Å²) in [5, 5.41) is -0.0459. The molecular weight excluding hydrogens is 266 g/mol. The lowest BCUT2D eigenvalue weighted by molar-refractivity contribution is -0.107. The summed E-state index contributed by atoms with van der Waals surface area (Å²) in [4.78, 5) is 14.6. The molecule has 0 fully saturated rings. The largest absolute Gasteiger partial charge is 0.352 e. The SMILES string of the molecule is O=CC1Sc2ccccc2N1CCCCCCCl. The molecular formula is C14H18ClNOS. The van der Waals surface area contributed by atoms with Crippen molar-refractivity contribution in [2.75, 3.05) is 17.3 Å². The lowest BCUT2D eigenvalue weighted by Gasteiger charge is -2.22. The Morgan fingerprint density at radius 3 is 2.78 bits per heavy atom. The summed E-state index contributed by atoms with van der Waals surface area (Å²) in [7, 11) is 0. The third-order valence-corrected chi connectivity index (χ3v) is 4.60. The molecule has 1 aromatic rings. The maximum absolute atomic E-state index is 11.1. The van der Waals surface area contributed by atoms with Crippen molar-refractivity contribution in [1.29, 1.82) is 0 Å². The average molecular weight is 284 g/mol. The number of alkyl halides is 1. The van der Waals surface area contributed by atoms with Gasteiger partial charge in [0.15, 0.2) is 6.29 Å². The molecule has 0 aromatic heterocycles. The van der Waals surface area contributed by atoms with E-state index in [1.165, 1.54) is 23.4 Å². The number of unbranched alkanes of at least 4 members (excludes halogenated alkanes) is 3. The second kappa shape index (κ2) is 7.05. The number of aldehydes is 1. The molecule has 0 radical (unpaired) electrons. The van der Waals surface area contributed by atoms with E-state index in [4.69, 9.17) is 11.6 Å². The summed E-state index contributed by atoms with van der Waals surface area (Å²) in [6, 6.07) is 8.25. The average Bonchev–Trinajstić information content (AvgIpc) is 2.77. The van der Waals surface area contributed by atoms with Gasteiger partial charge in [0.05, 0.1) is 5.69 Å². The Morgan fingerprint density at radius 2 is 2.00 bits per heavy atom. The van der Waals surface area contributed by atoms with Gasteiger partial charge in [0.1, 0.15) is 5.37 Å². The summed E-state index contributed by atoms with van der Waals surface area (Å²) < 4.78 is 0. The van der Waals surface area contributed by atoms with Gasteiger partial charge in [-0.2, -0.15) is 0 Å². The molecule has 1 heterocycles. The number of anilines is 1. The van der Waals surface area contributed by atoms with Crippen LogP contribution in [0.4, 0.5) is 5.69 Å². The number of para-hydroxylation sites is 1. The van der Waals surface area contributed by atoms with Crippen LogP contribution in [-0.4, -0.2) is 24.1 Å². The van der Waals surface area contributed by atoms with E-state index in [-0.39, 0.29) is 5.37 Å². The van der Waals surface area contributed by atoms with Gasteiger partial charge in [-0.3, -0.25) is 0 Å². The Morgan fingerprint density at radius 1 is 1.22 bits per heavy atom. The second-order valence-electron chi connectivity index (χ2n) is 4.41. The minimum Gasteiger partial charge on any atom is -0.352 e. The number of halogens is 1. The molecule has 0 saturated carbocycles. The van der Waals surface area contributed by atoms with Crippen molar-refractivity contribution in [3.8, 4) is 0 Å². The van der Waals surface area contributed by atoms with Crippen LogP contribution in [0.5, 0.6) is 0 Å². The van der Waals surface area contributed by atoms with E-state index in [0.29, 0.717) is 0 Å². The van der Waals surface area contributed by atoms with Gasteiger partial charge in [-0.05, 0) is 25.0 Å². The van der Waals surface area contributed by atoms with Crippen LogP contribution in [0.15, 0.2) is 29.2 Å². The van der Waals surface area contributed by atoms with E-state index in [1.807, 2.05) is 12.1 Å². The molecule has 2 rings (SSSR count). The quantitative estimate of drug-likeness (QED) is 0.430. The van der Waals surface area contributed by atoms with Gasteiger partial charge in [0, 0.05) is 17.3 Å². The number of hydrogen-bond donors (Lipinski definition) is 0. The van der Waals surface area contributed by atoms with Crippen LogP contribution in [0.3, 0.4) is 0 Å². The van der Waals surface area contributed by atoms with Crippen LogP contribution in [0.2, 0.25) is 0 Å². The standard InChI is InChI=1S/C14H18ClNOS/c15-9-5-1-2-6-10-16-12-7-3-4-8-13(12)18-14(16)11-17/h3-4,7-8,11,14H,1-2,5-6,9-10H2. The van der Waals surface area contributed by atoms with Crippen molar-refractivity contribution in [2.24, 2.45) is 0 Å². The van der Waals surface area contributed by atoms with Crippen molar-refractivity contribution < 1.29 is 4.79 Å². The summed E-state index contributed by atoms with van der Waals surface area (Å²) in [6.07, 6.45) is 5.61. The number of fused-ring (bicyclic) bond motifs is 1. The fourth-order valence-electron chi connectivity index (χ4n) is 2.20. The fourth-order valence-corrected chi connectivity index (χ4v) is 3.52. The summed E-state index contributed by atoms with van der Waals surface area (Å²) in [5.74, 6) is 0.749. The first-order valence-corrected chi connectivity index (χ1v) is 7.82. The van der Waals surface area contributed by atoms with E-state index >= 15 is 0 Å². The predicted octanol–water partition coefficient (Wildman–Crippen LogP) is 3.92. The molecule has 1 unspecified atom stereocenters. The van der Waals surface area contributed by atoms with Gasteiger partial charge in [0.25, 0.3) is 0 Å². The van der Waals surface area contributed by atoms with Crippen molar-refractivity contribution in [3.05, 3.63) is 24.3 Å². The minimum atomic E-state index is -0.0459. The van der Waals surface area contributed by atoms with E-state index < -0.39 is 0 Å². The molecule has 2 nitrogen and oxygen atoms in total. The van der Waals surface area contributed by atoms with Crippen LogP contribution in [0, 0.1) is 0 Å². The molecule has 1 aliphatic rings. The smallest absolute Gasteiger partial charge is 0.153 e. The zero-order valence-corrected chi connectivity index (χ0v) is 11.9. The molecule has 1 aromatic carbocycles. The normalized spacial score (nSPS) is 17.8. The highest BCUT2D eigenvalue weighted by Gasteiger charge is 2.28. The van der Waals surface area contributed by atoms with Crippen LogP contribution in [0.1, 0.15) is 25.7 Å². The Hall–Kier alpha value is -0.670. The van der Waals surface area contributed by atoms with Crippen LogP contribution in [0.25, 0.3) is 0 Å². The van der Waals surface area contributed by atoms with Gasteiger partial charge in [0.2, 0.25) is 0 Å². The maximum atomic E-state index is 11.1. The number of benzene rings is 1. The Labute approximate surface area is 118 Å². The lowest BCUT2D eigenvalue weighted by Crippen LogP contribution is -2.31. The number of nitrogens with zero attached hydrogens (tertiary/aromatic N) is 1. The van der Waals surface area contributed by atoms with Gasteiger partial charge in [-0.25, -0.2) is 0 Å². The Kier molecular flexibility index (Phi) is 5.39. The summed E-state index contributed by atoms with van der Waals surface area (Å²) >= 11 is 7.31. The van der Waals surface area contributed by atoms with Crippen LogP contribution in [-0.2, 0) is 4.79 Å². The first-order chi connectivity index (χ1) is 8.86. The summed E-state index contributed by atoms with van der Waals surface area (Å²) in [6.45, 7) is 0.954. The van der Waals surface area contributed by atoms with Crippen molar-refractivity contribution >= 4 is 35.3 Å². The lowest BCUT2D eigenvalue weighted by atomic mass is 10.2. The molecule has 0 amide bonds. The van der Waals surface area contributed by atoms with Crippen molar-refractivity contribution in [2.45, 2.75) is 36.0 Å². The van der Waals surface area contributed by atoms with Crippen LogP contribution < -0.4 is 4.90 Å². The van der Waals surface area contributed by atoms with Crippen LogP contribution >= 0.6 is 23.4 Å². The zero-order valence-electron chi connectivity index (χ0n) is 10.3. The molecule has 1 aliphatic heterocycles. The van der Waals surface area contributed by atoms with Crippen molar-refractivity contribution in [3.63, 3.8) is 0 Å². The zero-order chi connectivity index (χ0) is 12.8. The Balaban J connectivity index is 1.91. The molecule has 0 saturated heterocycles. The number of carbonyl (C=O) groups is 1. The van der Waals surface area contributed by atoms with E-state index in [1.54, 1.807) is 11.8 Å². The highest BCUT2D eigenvalue weighted by Crippen LogP contribution is 2.42.